The Morgan fingerprint density at radius 3 is 2.58 bits per heavy atom. The van der Waals surface area contributed by atoms with Gasteiger partial charge in [-0.2, -0.15) is 0 Å². The van der Waals surface area contributed by atoms with Crippen molar-refractivity contribution in [3.8, 4) is 0 Å². The van der Waals surface area contributed by atoms with Crippen LogP contribution in [0.2, 0.25) is 0 Å². The van der Waals surface area contributed by atoms with Crippen molar-refractivity contribution in [3.63, 3.8) is 0 Å². The first-order chi connectivity index (χ1) is 5.83. The molecule has 1 aromatic carbocycles. The lowest BCUT2D eigenvalue weighted by Gasteiger charge is -1.91. The highest BCUT2D eigenvalue weighted by Crippen LogP contribution is 2.22. The second kappa shape index (κ2) is 4.91. The van der Waals surface area contributed by atoms with E-state index in [1.807, 2.05) is 30.3 Å². The Kier molecular flexibility index (Phi) is 3.78. The van der Waals surface area contributed by atoms with Crippen LogP contribution >= 0.6 is 8.03 Å². The lowest BCUT2D eigenvalue weighted by atomic mass is 10.2. The second-order valence-electron chi connectivity index (χ2n) is 2.27. The normalized spacial score (nSPS) is 13.4. The summed E-state index contributed by atoms with van der Waals surface area (Å²) in [7, 11) is -0.516. The second-order valence-corrected chi connectivity index (χ2v) is 3.65. The average Bonchev–Trinajstić information content (AvgIpc) is 2.16. The quantitative estimate of drug-likeness (QED) is 0.672. The van der Waals surface area contributed by atoms with Gasteiger partial charge >= 0.3 is 0 Å². The highest BCUT2D eigenvalue weighted by Gasteiger charge is 1.87. The molecule has 0 fully saturated rings. The Labute approximate surface area is 72.7 Å². The SMILES string of the molecule is CO[PH](=O)C=Cc1ccccc1. The van der Waals surface area contributed by atoms with Crippen molar-refractivity contribution in [1.82, 2.24) is 0 Å². The smallest absolute Gasteiger partial charge is 0.213 e. The first kappa shape index (κ1) is 9.24. The Balaban J connectivity index is 2.64. The lowest BCUT2D eigenvalue weighted by molar-refractivity contribution is 0.422. The number of rotatable bonds is 3. The monoisotopic (exact) mass is 182 g/mol. The van der Waals surface area contributed by atoms with Gasteiger partial charge in [-0.3, -0.25) is 4.57 Å². The largest absolute Gasteiger partial charge is 0.331 e. The van der Waals surface area contributed by atoms with E-state index in [0.717, 1.165) is 5.56 Å². The minimum absolute atomic E-state index is 1.04. The van der Waals surface area contributed by atoms with E-state index in [-0.39, 0.29) is 0 Å². The molecule has 0 amide bonds. The maximum Gasteiger partial charge on any atom is 0.213 e. The summed E-state index contributed by atoms with van der Waals surface area (Å²) in [5, 5.41) is 0. The van der Waals surface area contributed by atoms with E-state index >= 15 is 0 Å². The minimum atomic E-state index is -1.96. The maximum atomic E-state index is 10.9. The molecule has 0 bridgehead atoms. The van der Waals surface area contributed by atoms with Crippen molar-refractivity contribution in [1.29, 1.82) is 0 Å². The van der Waals surface area contributed by atoms with Gasteiger partial charge in [-0.1, -0.05) is 30.3 Å². The number of hydrogen-bond acceptors (Lipinski definition) is 2. The highest BCUT2D eigenvalue weighted by atomic mass is 31.1. The first-order valence-electron chi connectivity index (χ1n) is 3.64. The van der Waals surface area contributed by atoms with E-state index in [0.29, 0.717) is 0 Å². The molecular formula is C9H11O2P. The van der Waals surface area contributed by atoms with Gasteiger partial charge in [-0.25, -0.2) is 0 Å². The summed E-state index contributed by atoms with van der Waals surface area (Å²) in [5.41, 5.74) is 1.04. The Morgan fingerprint density at radius 2 is 2.00 bits per heavy atom. The van der Waals surface area contributed by atoms with E-state index in [2.05, 4.69) is 4.52 Å². The predicted molar refractivity (Wildman–Crippen MR) is 51.5 cm³/mol. The predicted octanol–water partition coefficient (Wildman–Crippen LogP) is 2.78. The van der Waals surface area contributed by atoms with E-state index in [4.69, 9.17) is 0 Å². The molecule has 0 radical (unpaired) electrons. The number of hydrogen-bond donors (Lipinski definition) is 0. The molecule has 0 N–H and O–H groups in total. The fourth-order valence-electron chi connectivity index (χ4n) is 0.796. The van der Waals surface area contributed by atoms with E-state index < -0.39 is 8.03 Å². The Hall–Kier alpha value is -0.850. The van der Waals surface area contributed by atoms with Gasteiger partial charge in [0.05, 0.1) is 0 Å². The standard InChI is InChI=1S/C9H11O2P/c1-11-12(10)8-7-9-5-3-2-4-6-9/h2-8,12H,1H3. The van der Waals surface area contributed by atoms with Crippen LogP contribution in [0.5, 0.6) is 0 Å². The summed E-state index contributed by atoms with van der Waals surface area (Å²) in [4.78, 5) is 0. The van der Waals surface area contributed by atoms with Crippen molar-refractivity contribution in [3.05, 3.63) is 41.7 Å². The van der Waals surface area contributed by atoms with Crippen LogP contribution in [0.25, 0.3) is 6.08 Å². The molecule has 1 atom stereocenters. The van der Waals surface area contributed by atoms with Gasteiger partial charge in [0.15, 0.2) is 0 Å². The molecule has 64 valence electrons. The van der Waals surface area contributed by atoms with Crippen LogP contribution in [-0.2, 0) is 9.09 Å². The molecule has 12 heavy (non-hydrogen) atoms. The summed E-state index contributed by atoms with van der Waals surface area (Å²) in [5.74, 6) is 1.58. The van der Waals surface area contributed by atoms with Crippen LogP contribution in [0.3, 0.4) is 0 Å². The fourth-order valence-corrected chi connectivity index (χ4v) is 1.26. The van der Waals surface area contributed by atoms with Crippen LogP contribution < -0.4 is 0 Å². The van der Waals surface area contributed by atoms with E-state index in [9.17, 15) is 4.57 Å². The molecule has 0 aromatic heterocycles. The van der Waals surface area contributed by atoms with E-state index in [1.54, 1.807) is 11.9 Å². The third-order valence-electron chi connectivity index (χ3n) is 1.41. The third-order valence-corrected chi connectivity index (χ3v) is 2.25. The Morgan fingerprint density at radius 1 is 1.33 bits per heavy atom. The van der Waals surface area contributed by atoms with E-state index in [1.165, 1.54) is 7.11 Å². The van der Waals surface area contributed by atoms with Gasteiger partial charge in [-0.15, -0.1) is 0 Å². The van der Waals surface area contributed by atoms with Gasteiger partial charge in [-0.05, 0) is 17.5 Å². The molecule has 0 spiro atoms. The van der Waals surface area contributed by atoms with Crippen molar-refractivity contribution < 1.29 is 9.09 Å². The van der Waals surface area contributed by atoms with Gasteiger partial charge in [0.2, 0.25) is 8.03 Å². The van der Waals surface area contributed by atoms with Crippen LogP contribution in [0.15, 0.2) is 36.1 Å². The van der Waals surface area contributed by atoms with Gasteiger partial charge in [0.1, 0.15) is 0 Å². The number of benzene rings is 1. The molecule has 0 heterocycles. The molecule has 1 aromatic rings. The van der Waals surface area contributed by atoms with Crippen molar-refractivity contribution in [2.75, 3.05) is 7.11 Å². The molecule has 2 nitrogen and oxygen atoms in total. The van der Waals surface area contributed by atoms with Gasteiger partial charge in [0.25, 0.3) is 0 Å². The third kappa shape index (κ3) is 3.04. The van der Waals surface area contributed by atoms with Crippen molar-refractivity contribution in [2.24, 2.45) is 0 Å². The molecule has 0 saturated heterocycles. The fraction of sp³-hybridized carbons (Fsp3) is 0.111. The van der Waals surface area contributed by atoms with Crippen molar-refractivity contribution in [2.45, 2.75) is 0 Å². The molecule has 0 aliphatic carbocycles. The molecule has 0 aliphatic heterocycles. The van der Waals surface area contributed by atoms with Crippen LogP contribution in [0, 0.1) is 0 Å². The van der Waals surface area contributed by atoms with Crippen LogP contribution in [0.1, 0.15) is 5.56 Å². The molecule has 1 rings (SSSR count). The lowest BCUT2D eigenvalue weighted by Crippen LogP contribution is -1.67. The summed E-state index contributed by atoms with van der Waals surface area (Å²) < 4.78 is 15.5. The molecule has 0 aliphatic rings. The molecule has 0 saturated carbocycles. The highest BCUT2D eigenvalue weighted by molar-refractivity contribution is 7.43. The summed E-state index contributed by atoms with van der Waals surface area (Å²) in [6, 6.07) is 9.70. The molecular weight excluding hydrogens is 171 g/mol. The van der Waals surface area contributed by atoms with Crippen LogP contribution in [0.4, 0.5) is 0 Å². The van der Waals surface area contributed by atoms with Gasteiger partial charge in [0, 0.05) is 7.11 Å². The summed E-state index contributed by atoms with van der Waals surface area (Å²) in [6.07, 6.45) is 1.80. The summed E-state index contributed by atoms with van der Waals surface area (Å²) >= 11 is 0. The zero-order valence-electron chi connectivity index (χ0n) is 6.86. The topological polar surface area (TPSA) is 26.3 Å². The van der Waals surface area contributed by atoms with Gasteiger partial charge < -0.3 is 4.52 Å². The maximum absolute atomic E-state index is 10.9. The average molecular weight is 182 g/mol. The van der Waals surface area contributed by atoms with Crippen LogP contribution in [-0.4, -0.2) is 7.11 Å². The molecule has 3 heteroatoms. The molecule has 1 unspecified atom stereocenters. The zero-order chi connectivity index (χ0) is 8.81. The Bertz CT molecular complexity index is 280. The zero-order valence-corrected chi connectivity index (χ0v) is 7.86. The minimum Gasteiger partial charge on any atom is -0.331 e. The van der Waals surface area contributed by atoms with Crippen molar-refractivity contribution >= 4 is 14.1 Å². The first-order valence-corrected chi connectivity index (χ1v) is 5.03. The summed E-state index contributed by atoms with van der Waals surface area (Å²) in [6.45, 7) is 0.